The van der Waals surface area contributed by atoms with Gasteiger partial charge in [0, 0.05) is 19.5 Å². The fourth-order valence-corrected chi connectivity index (χ4v) is 2.93. The van der Waals surface area contributed by atoms with Crippen molar-refractivity contribution in [3.05, 3.63) is 35.6 Å². The molecule has 1 atom stereocenters. The summed E-state index contributed by atoms with van der Waals surface area (Å²) >= 11 is 0. The molecular weight excluding hydrogens is 241 g/mol. The molecule has 1 N–H and O–H groups in total. The fraction of sp³-hybridized carbons (Fsp3) is 0.625. The van der Waals surface area contributed by atoms with E-state index in [4.69, 9.17) is 4.74 Å². The zero-order valence-corrected chi connectivity index (χ0v) is 12.1. The van der Waals surface area contributed by atoms with Gasteiger partial charge in [0.05, 0.1) is 11.2 Å². The molecule has 0 saturated carbocycles. The summed E-state index contributed by atoms with van der Waals surface area (Å²) in [7, 11) is 0. The monoisotopic (exact) mass is 265 g/mol. The van der Waals surface area contributed by atoms with Crippen LogP contribution in [0.25, 0.3) is 0 Å². The van der Waals surface area contributed by atoms with E-state index in [2.05, 4.69) is 26.1 Å². The molecule has 1 aliphatic rings. The molecule has 19 heavy (non-hydrogen) atoms. The normalized spacial score (nSPS) is 26.3. The first kappa shape index (κ1) is 14.5. The predicted molar refractivity (Wildman–Crippen MR) is 75.8 cm³/mol. The van der Waals surface area contributed by atoms with Crippen LogP contribution in [0.1, 0.15) is 39.2 Å². The minimum absolute atomic E-state index is 0.0625. The quantitative estimate of drug-likeness (QED) is 0.902. The number of hydrogen-bond acceptors (Lipinski definition) is 2. The molecule has 0 aliphatic carbocycles. The number of ether oxygens (including phenoxy) is 1. The van der Waals surface area contributed by atoms with Crippen molar-refractivity contribution >= 4 is 0 Å². The molecular formula is C16H24FNO. The smallest absolute Gasteiger partial charge is 0.123 e. The third-order valence-electron chi connectivity index (χ3n) is 4.19. The van der Waals surface area contributed by atoms with Crippen molar-refractivity contribution in [3.8, 4) is 0 Å². The first-order valence-electron chi connectivity index (χ1n) is 7.16. The number of halogens is 1. The molecule has 1 unspecified atom stereocenters. The summed E-state index contributed by atoms with van der Waals surface area (Å²) in [6, 6.07) is 6.72. The molecule has 1 aromatic carbocycles. The Morgan fingerprint density at radius 2 is 1.79 bits per heavy atom. The van der Waals surface area contributed by atoms with E-state index < -0.39 is 0 Å². The van der Waals surface area contributed by atoms with Gasteiger partial charge in [-0.15, -0.1) is 0 Å². The Labute approximate surface area is 115 Å². The summed E-state index contributed by atoms with van der Waals surface area (Å²) in [5, 5.41) is 3.50. The summed E-state index contributed by atoms with van der Waals surface area (Å²) in [5.74, 6) is -0.187. The molecule has 3 heteroatoms. The Bertz CT molecular complexity index is 413. The van der Waals surface area contributed by atoms with Gasteiger partial charge in [0.25, 0.3) is 0 Å². The number of benzene rings is 1. The number of nitrogens with one attached hydrogen (secondary N) is 1. The maximum atomic E-state index is 12.9. The summed E-state index contributed by atoms with van der Waals surface area (Å²) in [4.78, 5) is 0. The van der Waals surface area contributed by atoms with E-state index >= 15 is 0 Å². The van der Waals surface area contributed by atoms with Crippen molar-refractivity contribution in [3.63, 3.8) is 0 Å². The van der Waals surface area contributed by atoms with Gasteiger partial charge in [-0.25, -0.2) is 4.39 Å². The molecule has 0 aromatic heterocycles. The maximum Gasteiger partial charge on any atom is 0.123 e. The summed E-state index contributed by atoms with van der Waals surface area (Å²) in [6.07, 6.45) is 2.83. The Kier molecular flexibility index (Phi) is 4.26. The SMILES string of the molecule is CCC1(CC)CNCC(C)(Cc2ccc(F)cc2)O1. The van der Waals surface area contributed by atoms with E-state index in [9.17, 15) is 4.39 Å². The zero-order chi connectivity index (χ0) is 13.9. The molecule has 0 spiro atoms. The highest BCUT2D eigenvalue weighted by Gasteiger charge is 2.40. The average Bonchev–Trinajstić information content (AvgIpc) is 2.41. The van der Waals surface area contributed by atoms with Crippen LogP contribution in [0.5, 0.6) is 0 Å². The van der Waals surface area contributed by atoms with E-state index in [1.54, 1.807) is 0 Å². The van der Waals surface area contributed by atoms with Crippen LogP contribution in [0.15, 0.2) is 24.3 Å². The van der Waals surface area contributed by atoms with Gasteiger partial charge in [-0.3, -0.25) is 0 Å². The molecule has 1 heterocycles. The lowest BCUT2D eigenvalue weighted by Crippen LogP contribution is -2.59. The number of rotatable bonds is 4. The highest BCUT2D eigenvalue weighted by Crippen LogP contribution is 2.32. The van der Waals surface area contributed by atoms with Crippen molar-refractivity contribution in [1.29, 1.82) is 0 Å². The van der Waals surface area contributed by atoms with Crippen molar-refractivity contribution in [2.75, 3.05) is 13.1 Å². The molecule has 1 fully saturated rings. The van der Waals surface area contributed by atoms with Crippen molar-refractivity contribution < 1.29 is 9.13 Å². The van der Waals surface area contributed by atoms with E-state index in [1.807, 2.05) is 12.1 Å². The topological polar surface area (TPSA) is 21.3 Å². The van der Waals surface area contributed by atoms with Crippen LogP contribution in [-0.4, -0.2) is 24.3 Å². The van der Waals surface area contributed by atoms with Gasteiger partial charge < -0.3 is 10.1 Å². The molecule has 0 bridgehead atoms. The standard InChI is InChI=1S/C16H24FNO/c1-4-16(5-2)12-18-11-15(3,19-16)10-13-6-8-14(17)9-7-13/h6-9,18H,4-5,10-12H2,1-3H3. The van der Waals surface area contributed by atoms with Crippen LogP contribution in [0.3, 0.4) is 0 Å². The minimum Gasteiger partial charge on any atom is -0.366 e. The van der Waals surface area contributed by atoms with Gasteiger partial charge in [-0.05, 0) is 37.5 Å². The maximum absolute atomic E-state index is 12.9. The molecule has 0 radical (unpaired) electrons. The van der Waals surface area contributed by atoms with Crippen molar-refractivity contribution in [1.82, 2.24) is 5.32 Å². The van der Waals surface area contributed by atoms with Crippen LogP contribution in [-0.2, 0) is 11.2 Å². The van der Waals surface area contributed by atoms with E-state index in [0.29, 0.717) is 0 Å². The first-order chi connectivity index (χ1) is 9.01. The lowest BCUT2D eigenvalue weighted by atomic mass is 9.88. The van der Waals surface area contributed by atoms with Gasteiger partial charge in [0.15, 0.2) is 0 Å². The van der Waals surface area contributed by atoms with E-state index in [0.717, 1.165) is 37.9 Å². The largest absolute Gasteiger partial charge is 0.366 e. The lowest BCUT2D eigenvalue weighted by Gasteiger charge is -2.47. The van der Waals surface area contributed by atoms with Gasteiger partial charge in [-0.1, -0.05) is 26.0 Å². The van der Waals surface area contributed by atoms with Crippen LogP contribution in [0, 0.1) is 5.82 Å². The third-order valence-corrected chi connectivity index (χ3v) is 4.19. The van der Waals surface area contributed by atoms with Gasteiger partial charge in [-0.2, -0.15) is 0 Å². The number of morpholine rings is 1. The average molecular weight is 265 g/mol. The van der Waals surface area contributed by atoms with Crippen LogP contribution >= 0.6 is 0 Å². The van der Waals surface area contributed by atoms with Gasteiger partial charge >= 0.3 is 0 Å². The molecule has 2 rings (SSSR count). The molecule has 1 aliphatic heterocycles. The van der Waals surface area contributed by atoms with Crippen LogP contribution in [0.2, 0.25) is 0 Å². The highest BCUT2D eigenvalue weighted by molar-refractivity contribution is 5.18. The molecule has 106 valence electrons. The zero-order valence-electron chi connectivity index (χ0n) is 12.1. The van der Waals surface area contributed by atoms with Gasteiger partial charge in [0.2, 0.25) is 0 Å². The second-order valence-electron chi connectivity index (χ2n) is 5.85. The van der Waals surface area contributed by atoms with Crippen molar-refractivity contribution in [2.24, 2.45) is 0 Å². The Morgan fingerprint density at radius 3 is 2.37 bits per heavy atom. The Balaban J connectivity index is 2.11. The number of hydrogen-bond donors (Lipinski definition) is 1. The van der Waals surface area contributed by atoms with E-state index in [-0.39, 0.29) is 17.0 Å². The van der Waals surface area contributed by atoms with Crippen LogP contribution in [0.4, 0.5) is 4.39 Å². The fourth-order valence-electron chi connectivity index (χ4n) is 2.93. The summed E-state index contributed by atoms with van der Waals surface area (Å²) in [6.45, 7) is 8.25. The predicted octanol–water partition coefficient (Wildman–Crippen LogP) is 3.31. The Hall–Kier alpha value is -0.930. The van der Waals surface area contributed by atoms with Crippen LogP contribution < -0.4 is 5.32 Å². The summed E-state index contributed by atoms with van der Waals surface area (Å²) < 4.78 is 19.4. The molecule has 1 saturated heterocycles. The second-order valence-corrected chi connectivity index (χ2v) is 5.85. The molecule has 2 nitrogen and oxygen atoms in total. The lowest BCUT2D eigenvalue weighted by molar-refractivity contribution is -0.172. The summed E-state index contributed by atoms with van der Waals surface area (Å²) in [5.41, 5.74) is 0.837. The Morgan fingerprint density at radius 1 is 1.16 bits per heavy atom. The second kappa shape index (κ2) is 5.59. The first-order valence-corrected chi connectivity index (χ1v) is 7.16. The molecule has 0 amide bonds. The van der Waals surface area contributed by atoms with Gasteiger partial charge in [0.1, 0.15) is 5.82 Å². The van der Waals surface area contributed by atoms with Crippen molar-refractivity contribution in [2.45, 2.75) is 51.2 Å². The third kappa shape index (κ3) is 3.34. The molecule has 1 aromatic rings. The minimum atomic E-state index is -0.220. The highest BCUT2D eigenvalue weighted by atomic mass is 19.1. The van der Waals surface area contributed by atoms with E-state index in [1.165, 1.54) is 12.1 Å².